The number of carbonyl (C=O) groups excluding carboxylic acids is 1. The van der Waals surface area contributed by atoms with Crippen molar-refractivity contribution in [3.05, 3.63) is 34.4 Å². The summed E-state index contributed by atoms with van der Waals surface area (Å²) in [6.07, 6.45) is 1.17. The monoisotopic (exact) mass is 405 g/mol. The van der Waals surface area contributed by atoms with E-state index in [-0.39, 0.29) is 20.7 Å². The topological polar surface area (TPSA) is 81.5 Å². The Hall–Kier alpha value is -1.77. The average Bonchev–Trinajstić information content (AvgIpc) is 2.98. The van der Waals surface area contributed by atoms with Gasteiger partial charge < -0.3 is 9.64 Å². The van der Waals surface area contributed by atoms with Crippen LogP contribution in [0.5, 0.6) is 5.75 Å². The fourth-order valence-corrected chi connectivity index (χ4v) is 4.30. The van der Waals surface area contributed by atoms with Gasteiger partial charge >= 0.3 is 6.03 Å². The van der Waals surface area contributed by atoms with Crippen LogP contribution in [-0.2, 0) is 9.84 Å². The summed E-state index contributed by atoms with van der Waals surface area (Å²) in [6.45, 7) is 4.52. The molecule has 0 aliphatic carbocycles. The van der Waals surface area contributed by atoms with E-state index in [1.54, 1.807) is 13.8 Å². The lowest BCUT2D eigenvalue weighted by Crippen LogP contribution is -2.34. The predicted octanol–water partition coefficient (Wildman–Crippen LogP) is 3.34. The van der Waals surface area contributed by atoms with Crippen molar-refractivity contribution in [3.8, 4) is 5.75 Å². The molecule has 0 spiro atoms. The van der Waals surface area contributed by atoms with E-state index in [1.165, 1.54) is 36.4 Å². The van der Waals surface area contributed by atoms with Gasteiger partial charge in [-0.05, 0) is 32.0 Å². The average molecular weight is 406 g/mol. The Morgan fingerprint density at radius 2 is 1.92 bits per heavy atom. The fraction of sp³-hybridized carbons (Fsp3) is 0.333. The Bertz CT molecular complexity index is 892. The fourth-order valence-electron chi connectivity index (χ4n) is 2.22. The quantitative estimate of drug-likeness (QED) is 0.761. The number of hydrogen-bond acceptors (Lipinski definition) is 5. The lowest BCUT2D eigenvalue weighted by atomic mass is 10.3. The Morgan fingerprint density at radius 1 is 1.28 bits per heavy atom. The second-order valence-electron chi connectivity index (χ2n) is 4.98. The molecule has 1 aromatic heterocycles. The number of rotatable bonds is 5. The number of hydrogen-bond donors (Lipinski definition) is 0. The number of amides is 1. The second kappa shape index (κ2) is 7.63. The van der Waals surface area contributed by atoms with E-state index < -0.39 is 20.9 Å². The van der Waals surface area contributed by atoms with Crippen molar-refractivity contribution in [2.45, 2.75) is 23.8 Å². The van der Waals surface area contributed by atoms with E-state index in [0.29, 0.717) is 13.1 Å². The van der Waals surface area contributed by atoms with E-state index in [2.05, 4.69) is 5.10 Å². The van der Waals surface area contributed by atoms with Crippen LogP contribution in [0.3, 0.4) is 0 Å². The molecule has 2 rings (SSSR count). The van der Waals surface area contributed by atoms with E-state index in [1.807, 2.05) is 0 Å². The van der Waals surface area contributed by atoms with Crippen molar-refractivity contribution in [1.82, 2.24) is 14.7 Å². The molecule has 0 atom stereocenters. The van der Waals surface area contributed by atoms with Crippen LogP contribution in [0.1, 0.15) is 13.8 Å². The predicted molar refractivity (Wildman–Crippen MR) is 94.4 cm³/mol. The number of ether oxygens (including phenoxy) is 1. The van der Waals surface area contributed by atoms with Gasteiger partial charge in [0.15, 0.2) is 0 Å². The summed E-state index contributed by atoms with van der Waals surface area (Å²) >= 11 is 11.9. The maximum Gasteiger partial charge on any atom is 0.344 e. The number of nitrogens with zero attached hydrogens (tertiary/aromatic N) is 3. The molecule has 1 amide bonds. The van der Waals surface area contributed by atoms with Crippen LogP contribution in [0.25, 0.3) is 0 Å². The molecule has 25 heavy (non-hydrogen) atoms. The number of aromatic nitrogens is 2. The lowest BCUT2D eigenvalue weighted by molar-refractivity contribution is 0.201. The van der Waals surface area contributed by atoms with Crippen LogP contribution in [0.2, 0.25) is 10.0 Å². The highest BCUT2D eigenvalue weighted by Crippen LogP contribution is 2.33. The molecule has 1 heterocycles. The Kier molecular flexibility index (Phi) is 5.97. The van der Waals surface area contributed by atoms with Crippen molar-refractivity contribution in [3.63, 3.8) is 0 Å². The van der Waals surface area contributed by atoms with Crippen molar-refractivity contribution < 1.29 is 17.9 Å². The lowest BCUT2D eigenvalue weighted by Gasteiger charge is -2.17. The molecule has 0 saturated carbocycles. The molecular weight excluding hydrogens is 389 g/mol. The number of methoxy groups -OCH3 is 1. The maximum atomic E-state index is 12.9. The summed E-state index contributed by atoms with van der Waals surface area (Å²) in [5.74, 6) is 0.102. The summed E-state index contributed by atoms with van der Waals surface area (Å²) < 4.78 is 31.8. The minimum Gasteiger partial charge on any atom is -0.495 e. The molecule has 0 aliphatic heterocycles. The van der Waals surface area contributed by atoms with Crippen molar-refractivity contribution in [2.75, 3.05) is 20.2 Å². The first-order chi connectivity index (χ1) is 11.8. The van der Waals surface area contributed by atoms with Gasteiger partial charge in [-0.25, -0.2) is 13.2 Å². The van der Waals surface area contributed by atoms with Crippen LogP contribution in [0, 0.1) is 0 Å². The molecule has 0 N–H and O–H groups in total. The van der Waals surface area contributed by atoms with Crippen LogP contribution < -0.4 is 4.74 Å². The Labute approximate surface area is 156 Å². The van der Waals surface area contributed by atoms with Crippen molar-refractivity contribution in [1.29, 1.82) is 0 Å². The minimum atomic E-state index is -4.13. The molecule has 0 bridgehead atoms. The SMILES string of the molecule is CCN(CC)C(=O)n1cc(Cl)c(S(=O)(=O)c2cc(Cl)ccc2OC)n1. The van der Waals surface area contributed by atoms with Crippen LogP contribution in [0.4, 0.5) is 4.79 Å². The summed E-state index contributed by atoms with van der Waals surface area (Å²) in [5, 5.41) is 3.50. The maximum absolute atomic E-state index is 12.9. The van der Waals surface area contributed by atoms with E-state index in [0.717, 1.165) is 4.68 Å². The van der Waals surface area contributed by atoms with Gasteiger partial charge in [0.1, 0.15) is 10.6 Å². The highest BCUT2D eigenvalue weighted by molar-refractivity contribution is 7.91. The zero-order chi connectivity index (χ0) is 18.8. The summed E-state index contributed by atoms with van der Waals surface area (Å²) in [6, 6.07) is 3.72. The second-order valence-corrected chi connectivity index (χ2v) is 7.66. The normalized spacial score (nSPS) is 11.4. The molecule has 136 valence electrons. The van der Waals surface area contributed by atoms with Gasteiger partial charge in [-0.3, -0.25) is 0 Å². The van der Waals surface area contributed by atoms with Gasteiger partial charge in [0.05, 0.1) is 18.3 Å². The van der Waals surface area contributed by atoms with Gasteiger partial charge in [0.2, 0.25) is 14.9 Å². The molecule has 1 aromatic carbocycles. The summed E-state index contributed by atoms with van der Waals surface area (Å²) in [5.41, 5.74) is 0. The van der Waals surface area contributed by atoms with Crippen molar-refractivity contribution >= 4 is 39.1 Å². The molecule has 7 nitrogen and oxygen atoms in total. The zero-order valence-corrected chi connectivity index (χ0v) is 16.2. The Balaban J connectivity index is 2.55. The van der Waals surface area contributed by atoms with Gasteiger partial charge in [-0.1, -0.05) is 23.2 Å². The molecule has 0 aliphatic rings. The van der Waals surface area contributed by atoms with E-state index in [9.17, 15) is 13.2 Å². The number of benzene rings is 1. The van der Waals surface area contributed by atoms with Gasteiger partial charge in [-0.2, -0.15) is 9.78 Å². The molecule has 10 heteroatoms. The number of sulfone groups is 1. The molecule has 2 aromatic rings. The smallest absolute Gasteiger partial charge is 0.344 e. The standard InChI is InChI=1S/C15H17Cl2N3O4S/c1-4-19(5-2)15(21)20-9-11(17)14(18-20)25(22,23)13-8-10(16)6-7-12(13)24-3/h6-9H,4-5H2,1-3H3. The molecular formula is C15H17Cl2N3O4S. The first kappa shape index (κ1) is 19.6. The van der Waals surface area contributed by atoms with E-state index >= 15 is 0 Å². The molecule has 0 fully saturated rings. The number of halogens is 2. The van der Waals surface area contributed by atoms with Gasteiger partial charge in [0.25, 0.3) is 0 Å². The van der Waals surface area contributed by atoms with Crippen LogP contribution >= 0.6 is 23.2 Å². The molecule has 0 saturated heterocycles. The molecule has 0 unspecified atom stereocenters. The third-order valence-electron chi connectivity index (χ3n) is 3.54. The van der Waals surface area contributed by atoms with Crippen LogP contribution in [-0.4, -0.2) is 49.3 Å². The Morgan fingerprint density at radius 3 is 2.48 bits per heavy atom. The summed E-state index contributed by atoms with van der Waals surface area (Å²) in [7, 11) is -2.79. The highest BCUT2D eigenvalue weighted by atomic mass is 35.5. The van der Waals surface area contributed by atoms with E-state index in [4.69, 9.17) is 27.9 Å². The van der Waals surface area contributed by atoms with Gasteiger partial charge in [-0.15, -0.1) is 0 Å². The third kappa shape index (κ3) is 3.75. The largest absolute Gasteiger partial charge is 0.495 e. The molecule has 0 radical (unpaired) electrons. The summed E-state index contributed by atoms with van der Waals surface area (Å²) in [4.78, 5) is 13.7. The van der Waals surface area contributed by atoms with Gasteiger partial charge in [0, 0.05) is 18.1 Å². The minimum absolute atomic E-state index is 0.102. The van der Waals surface area contributed by atoms with Crippen molar-refractivity contribution in [2.24, 2.45) is 0 Å². The number of carbonyl (C=O) groups is 1. The highest BCUT2D eigenvalue weighted by Gasteiger charge is 2.30. The first-order valence-electron chi connectivity index (χ1n) is 7.39. The third-order valence-corrected chi connectivity index (χ3v) is 5.87. The zero-order valence-electron chi connectivity index (χ0n) is 13.9. The first-order valence-corrected chi connectivity index (χ1v) is 9.63. The van der Waals surface area contributed by atoms with Crippen LogP contribution in [0.15, 0.2) is 34.3 Å².